The standard InChI is InChI=1S/C26H18N4O3/c27-13-17-21(28)23(24(31)14-7-3-1-4-8-14)30-18-12-11-16(22(17)30)19-20(18)26(33)29(25(19)32)15-9-5-2-6-10-15/h1-12,16,18-20H,28H2. The fourth-order valence-corrected chi connectivity index (χ4v) is 5.60. The van der Waals surface area contributed by atoms with Gasteiger partial charge in [-0.15, -0.1) is 0 Å². The van der Waals surface area contributed by atoms with E-state index in [-0.39, 0.29) is 34.5 Å². The van der Waals surface area contributed by atoms with Crippen molar-refractivity contribution in [3.05, 3.63) is 95.3 Å². The number of allylic oxidation sites excluding steroid dienone is 2. The summed E-state index contributed by atoms with van der Waals surface area (Å²) in [4.78, 5) is 41.7. The number of rotatable bonds is 3. The van der Waals surface area contributed by atoms with Crippen LogP contribution in [0.2, 0.25) is 0 Å². The summed E-state index contributed by atoms with van der Waals surface area (Å²) in [5.74, 6) is -2.72. The van der Waals surface area contributed by atoms with E-state index < -0.39 is 23.8 Å². The number of aromatic nitrogens is 1. The highest BCUT2D eigenvalue weighted by Crippen LogP contribution is 2.56. The van der Waals surface area contributed by atoms with Crippen LogP contribution in [-0.4, -0.2) is 22.2 Å². The Morgan fingerprint density at radius 3 is 2.21 bits per heavy atom. The van der Waals surface area contributed by atoms with Gasteiger partial charge in [0.2, 0.25) is 17.6 Å². The number of hydrogen-bond acceptors (Lipinski definition) is 5. The van der Waals surface area contributed by atoms with Crippen LogP contribution in [-0.2, 0) is 9.59 Å². The third-order valence-electron chi connectivity index (χ3n) is 6.94. The number of para-hydroxylation sites is 1. The first-order valence-electron chi connectivity index (χ1n) is 10.7. The Balaban J connectivity index is 1.54. The second-order valence-electron chi connectivity index (χ2n) is 8.50. The molecule has 33 heavy (non-hydrogen) atoms. The van der Waals surface area contributed by atoms with Crippen molar-refractivity contribution in [3.8, 4) is 6.07 Å². The summed E-state index contributed by atoms with van der Waals surface area (Å²) in [6, 6.07) is 19.1. The molecule has 1 aromatic heterocycles. The van der Waals surface area contributed by atoms with Crippen molar-refractivity contribution in [3.63, 3.8) is 0 Å². The number of carbonyl (C=O) groups is 3. The van der Waals surface area contributed by atoms with Gasteiger partial charge in [0.25, 0.3) is 0 Å². The third kappa shape index (κ3) is 2.40. The molecule has 0 radical (unpaired) electrons. The van der Waals surface area contributed by atoms with Crippen molar-refractivity contribution < 1.29 is 14.4 Å². The number of benzene rings is 2. The first-order valence-corrected chi connectivity index (χ1v) is 10.7. The molecule has 4 atom stereocenters. The van der Waals surface area contributed by atoms with Crippen LogP contribution >= 0.6 is 0 Å². The van der Waals surface area contributed by atoms with E-state index in [0.29, 0.717) is 16.9 Å². The van der Waals surface area contributed by atoms with E-state index >= 15 is 0 Å². The minimum atomic E-state index is -0.666. The van der Waals surface area contributed by atoms with Crippen molar-refractivity contribution in [1.29, 1.82) is 5.26 Å². The summed E-state index contributed by atoms with van der Waals surface area (Å²) >= 11 is 0. The van der Waals surface area contributed by atoms with Crippen molar-refractivity contribution in [2.75, 3.05) is 10.6 Å². The van der Waals surface area contributed by atoms with Crippen LogP contribution in [0.5, 0.6) is 0 Å². The summed E-state index contributed by atoms with van der Waals surface area (Å²) in [6.07, 6.45) is 3.73. The molecule has 1 aliphatic carbocycles. The van der Waals surface area contributed by atoms with Gasteiger partial charge in [0, 0.05) is 17.2 Å². The van der Waals surface area contributed by atoms with Gasteiger partial charge >= 0.3 is 0 Å². The van der Waals surface area contributed by atoms with Gasteiger partial charge < -0.3 is 10.3 Å². The fourth-order valence-electron chi connectivity index (χ4n) is 5.60. The van der Waals surface area contributed by atoms with Crippen molar-refractivity contribution >= 4 is 29.0 Å². The smallest absolute Gasteiger partial charge is 0.240 e. The van der Waals surface area contributed by atoms with Crippen LogP contribution in [0.25, 0.3) is 0 Å². The zero-order valence-electron chi connectivity index (χ0n) is 17.4. The van der Waals surface area contributed by atoms with E-state index in [4.69, 9.17) is 5.73 Å². The van der Waals surface area contributed by atoms with Crippen LogP contribution in [0, 0.1) is 23.2 Å². The Hall–Kier alpha value is -4.44. The van der Waals surface area contributed by atoms with E-state index in [1.165, 1.54) is 4.90 Å². The maximum atomic E-state index is 13.5. The molecule has 2 N–H and O–H groups in total. The van der Waals surface area contributed by atoms with Gasteiger partial charge in [-0.3, -0.25) is 14.4 Å². The summed E-state index contributed by atoms with van der Waals surface area (Å²) in [6.45, 7) is 0. The van der Waals surface area contributed by atoms with E-state index in [2.05, 4.69) is 6.07 Å². The number of nitrogens with zero attached hydrogens (tertiary/aromatic N) is 3. The lowest BCUT2D eigenvalue weighted by Crippen LogP contribution is -2.41. The lowest BCUT2D eigenvalue weighted by Gasteiger charge is -2.41. The van der Waals surface area contributed by atoms with Crippen LogP contribution in [0.3, 0.4) is 0 Å². The number of carbonyl (C=O) groups excluding carboxylic acids is 3. The Labute approximate surface area is 189 Å². The average molecular weight is 434 g/mol. The normalized spacial score (nSPS) is 24.5. The number of amides is 2. The minimum absolute atomic E-state index is 0.0971. The number of nitriles is 1. The van der Waals surface area contributed by atoms with Gasteiger partial charge in [-0.2, -0.15) is 5.26 Å². The highest BCUT2D eigenvalue weighted by molar-refractivity contribution is 6.23. The summed E-state index contributed by atoms with van der Waals surface area (Å²) in [7, 11) is 0. The molecule has 2 amide bonds. The van der Waals surface area contributed by atoms with Crippen molar-refractivity contribution in [2.45, 2.75) is 12.0 Å². The molecule has 160 valence electrons. The number of nitrogen functional groups attached to an aromatic ring is 1. The molecule has 0 saturated carbocycles. The van der Waals surface area contributed by atoms with Crippen LogP contribution < -0.4 is 10.6 Å². The van der Waals surface area contributed by atoms with Crippen molar-refractivity contribution in [2.24, 2.45) is 11.8 Å². The number of nitrogens with two attached hydrogens (primary N) is 1. The fraction of sp³-hybridized carbons (Fsp3) is 0.154. The minimum Gasteiger partial charge on any atom is -0.396 e. The summed E-state index contributed by atoms with van der Waals surface area (Å²) in [5.41, 5.74) is 8.35. The van der Waals surface area contributed by atoms with Gasteiger partial charge in [0.15, 0.2) is 0 Å². The van der Waals surface area contributed by atoms with E-state index in [1.807, 2.05) is 24.3 Å². The number of imide groups is 1. The monoisotopic (exact) mass is 434 g/mol. The summed E-state index contributed by atoms with van der Waals surface area (Å²) in [5, 5.41) is 9.92. The highest BCUT2D eigenvalue weighted by Gasteiger charge is 2.60. The van der Waals surface area contributed by atoms with Gasteiger partial charge in [0.05, 0.1) is 34.8 Å². The molecule has 4 unspecified atom stereocenters. The Morgan fingerprint density at radius 2 is 1.55 bits per heavy atom. The molecular formula is C26H18N4O3. The van der Waals surface area contributed by atoms with Gasteiger partial charge in [0.1, 0.15) is 11.8 Å². The number of ketones is 1. The molecule has 2 bridgehead atoms. The first kappa shape index (κ1) is 19.3. The molecule has 3 aliphatic heterocycles. The Morgan fingerprint density at radius 1 is 0.909 bits per heavy atom. The average Bonchev–Trinajstić information content (AvgIpc) is 3.32. The second kappa shape index (κ2) is 6.78. The van der Waals surface area contributed by atoms with Crippen molar-refractivity contribution in [1.82, 2.24) is 4.57 Å². The highest BCUT2D eigenvalue weighted by atomic mass is 16.2. The topological polar surface area (TPSA) is 109 Å². The first-order chi connectivity index (χ1) is 16.0. The van der Waals surface area contributed by atoms with Crippen LogP contribution in [0.1, 0.15) is 39.3 Å². The number of anilines is 2. The predicted octanol–water partition coefficient (Wildman–Crippen LogP) is 3.19. The molecule has 7 heteroatoms. The number of hydrogen-bond donors (Lipinski definition) is 1. The molecule has 7 nitrogen and oxygen atoms in total. The molecule has 4 aliphatic rings. The molecule has 1 saturated heterocycles. The van der Waals surface area contributed by atoms with Crippen LogP contribution in [0.4, 0.5) is 11.4 Å². The largest absolute Gasteiger partial charge is 0.396 e. The molecule has 0 spiro atoms. The molecule has 4 heterocycles. The second-order valence-corrected chi connectivity index (χ2v) is 8.50. The van der Waals surface area contributed by atoms with Gasteiger partial charge in [-0.25, -0.2) is 4.90 Å². The quantitative estimate of drug-likeness (QED) is 0.387. The van der Waals surface area contributed by atoms with E-state index in [9.17, 15) is 19.6 Å². The molecule has 2 aromatic carbocycles. The lowest BCUT2D eigenvalue weighted by atomic mass is 9.69. The summed E-state index contributed by atoms with van der Waals surface area (Å²) < 4.78 is 1.73. The molecule has 3 aromatic rings. The van der Waals surface area contributed by atoms with Gasteiger partial charge in [-0.1, -0.05) is 60.7 Å². The molecular weight excluding hydrogens is 416 g/mol. The van der Waals surface area contributed by atoms with E-state index in [1.54, 1.807) is 53.1 Å². The maximum absolute atomic E-state index is 13.5. The zero-order valence-corrected chi connectivity index (χ0v) is 17.4. The van der Waals surface area contributed by atoms with Gasteiger partial charge in [-0.05, 0) is 12.1 Å². The maximum Gasteiger partial charge on any atom is 0.240 e. The third-order valence-corrected chi connectivity index (χ3v) is 6.94. The Kier molecular flexibility index (Phi) is 3.96. The SMILES string of the molecule is N#Cc1c(N)c(C(=O)c2ccccc2)n2c1C1C=CC2C2C(=O)N(c3ccccc3)C(=O)C12. The predicted molar refractivity (Wildman–Crippen MR) is 120 cm³/mol. The molecule has 7 rings (SSSR count). The lowest BCUT2D eigenvalue weighted by molar-refractivity contribution is -0.122. The molecule has 1 fully saturated rings. The zero-order chi connectivity index (χ0) is 22.9. The Bertz CT molecular complexity index is 1420. The van der Waals surface area contributed by atoms with E-state index in [0.717, 1.165) is 0 Å². The van der Waals surface area contributed by atoms with Crippen LogP contribution in [0.15, 0.2) is 72.8 Å².